The van der Waals surface area contributed by atoms with E-state index in [1.807, 2.05) is 24.3 Å². The van der Waals surface area contributed by atoms with Gasteiger partial charge in [-0.1, -0.05) is 24.3 Å². The highest BCUT2D eigenvalue weighted by Gasteiger charge is 2.38. The first-order valence-corrected chi connectivity index (χ1v) is 6.85. The lowest BCUT2D eigenvalue weighted by Gasteiger charge is -2.37. The monoisotopic (exact) mass is 278 g/mol. The molecule has 0 radical (unpaired) electrons. The number of amides is 1. The van der Waals surface area contributed by atoms with Gasteiger partial charge in [0.1, 0.15) is 0 Å². The van der Waals surface area contributed by atoms with E-state index in [9.17, 15) is 9.90 Å². The van der Waals surface area contributed by atoms with E-state index in [1.54, 1.807) is 7.11 Å². The number of nitrogens with two attached hydrogens (primary N) is 1. The van der Waals surface area contributed by atoms with E-state index in [-0.39, 0.29) is 0 Å². The number of benzene rings is 1. The van der Waals surface area contributed by atoms with E-state index in [1.165, 1.54) is 0 Å². The fourth-order valence-corrected chi connectivity index (χ4v) is 2.62. The number of hydrogen-bond acceptors (Lipinski definition) is 4. The molecule has 0 aliphatic carbocycles. The Hall–Kier alpha value is -1.43. The Morgan fingerprint density at radius 1 is 1.40 bits per heavy atom. The second-order valence-electron chi connectivity index (χ2n) is 5.46. The molecule has 1 aliphatic rings. The normalized spacial score (nSPS) is 23.7. The zero-order valence-electron chi connectivity index (χ0n) is 11.8. The summed E-state index contributed by atoms with van der Waals surface area (Å²) >= 11 is 0. The third kappa shape index (κ3) is 3.56. The summed E-state index contributed by atoms with van der Waals surface area (Å²) in [5, 5.41) is 10.2. The third-order valence-corrected chi connectivity index (χ3v) is 3.75. The van der Waals surface area contributed by atoms with Crippen LogP contribution in [0.15, 0.2) is 24.3 Å². The van der Waals surface area contributed by atoms with Crippen LogP contribution in [0.2, 0.25) is 0 Å². The van der Waals surface area contributed by atoms with Crippen LogP contribution in [0.25, 0.3) is 0 Å². The van der Waals surface area contributed by atoms with Crippen molar-refractivity contribution in [2.75, 3.05) is 20.2 Å². The molecule has 1 atom stereocenters. The zero-order valence-corrected chi connectivity index (χ0v) is 11.8. The van der Waals surface area contributed by atoms with Crippen molar-refractivity contribution in [1.29, 1.82) is 0 Å². The third-order valence-electron chi connectivity index (χ3n) is 3.75. The molecule has 110 valence electrons. The van der Waals surface area contributed by atoms with Crippen molar-refractivity contribution in [3.05, 3.63) is 35.4 Å². The van der Waals surface area contributed by atoms with E-state index < -0.39 is 11.5 Å². The summed E-state index contributed by atoms with van der Waals surface area (Å²) in [5.74, 6) is -0.627. The van der Waals surface area contributed by atoms with Crippen LogP contribution in [-0.2, 0) is 22.7 Å². The Morgan fingerprint density at radius 3 is 2.65 bits per heavy atom. The Bertz CT molecular complexity index is 461. The number of methoxy groups -OCH3 is 1. The topological polar surface area (TPSA) is 75.8 Å². The smallest absolute Gasteiger partial charge is 0.250 e. The molecule has 0 bridgehead atoms. The maximum absolute atomic E-state index is 11.3. The molecule has 3 N–H and O–H groups in total. The van der Waals surface area contributed by atoms with Crippen LogP contribution in [0.1, 0.15) is 24.0 Å². The van der Waals surface area contributed by atoms with Crippen LogP contribution < -0.4 is 5.73 Å². The molecular weight excluding hydrogens is 256 g/mol. The average molecular weight is 278 g/mol. The van der Waals surface area contributed by atoms with Gasteiger partial charge >= 0.3 is 0 Å². The van der Waals surface area contributed by atoms with E-state index in [0.717, 1.165) is 24.1 Å². The molecule has 0 saturated carbocycles. The summed E-state index contributed by atoms with van der Waals surface area (Å²) in [4.78, 5) is 13.4. The summed E-state index contributed by atoms with van der Waals surface area (Å²) in [6.07, 6.45) is 1.23. The van der Waals surface area contributed by atoms with E-state index in [0.29, 0.717) is 26.1 Å². The molecule has 1 unspecified atom stereocenters. The van der Waals surface area contributed by atoms with Crippen molar-refractivity contribution in [2.24, 2.45) is 5.73 Å². The molecule has 1 aromatic rings. The minimum atomic E-state index is -1.38. The van der Waals surface area contributed by atoms with Crippen molar-refractivity contribution in [2.45, 2.75) is 31.6 Å². The summed E-state index contributed by atoms with van der Waals surface area (Å²) in [6.45, 7) is 2.49. The number of primary amides is 1. The molecule has 5 nitrogen and oxygen atoms in total. The van der Waals surface area contributed by atoms with E-state index >= 15 is 0 Å². The largest absolute Gasteiger partial charge is 0.380 e. The summed E-state index contributed by atoms with van der Waals surface area (Å²) in [7, 11) is 1.67. The van der Waals surface area contributed by atoms with Crippen molar-refractivity contribution >= 4 is 5.91 Å². The number of carbonyl (C=O) groups excluding carboxylic acids is 1. The standard InChI is InChI=1S/C15H22N2O3/c1-20-10-13-5-3-12(4-6-13)9-17-8-2-7-15(19,11-17)14(16)18/h3-6,19H,2,7-11H2,1H3,(H2,16,18). The van der Waals surface area contributed by atoms with Gasteiger partial charge in [-0.05, 0) is 30.5 Å². The van der Waals surface area contributed by atoms with Crippen LogP contribution in [0.5, 0.6) is 0 Å². The predicted octanol–water partition coefficient (Wildman–Crippen LogP) is 0.645. The summed E-state index contributed by atoms with van der Waals surface area (Å²) < 4.78 is 5.08. The van der Waals surface area contributed by atoms with E-state index in [4.69, 9.17) is 10.5 Å². The number of ether oxygens (including phenoxy) is 1. The Morgan fingerprint density at radius 2 is 2.05 bits per heavy atom. The van der Waals surface area contributed by atoms with Crippen LogP contribution in [0, 0.1) is 0 Å². The minimum Gasteiger partial charge on any atom is -0.380 e. The van der Waals surface area contributed by atoms with Gasteiger partial charge in [-0.15, -0.1) is 0 Å². The van der Waals surface area contributed by atoms with Gasteiger partial charge in [0.25, 0.3) is 5.91 Å². The molecule has 1 aromatic carbocycles. The molecule has 1 saturated heterocycles. The maximum Gasteiger partial charge on any atom is 0.250 e. The van der Waals surface area contributed by atoms with Crippen molar-refractivity contribution in [1.82, 2.24) is 4.90 Å². The molecule has 0 spiro atoms. The first kappa shape index (κ1) is 15.0. The van der Waals surface area contributed by atoms with Crippen molar-refractivity contribution in [3.63, 3.8) is 0 Å². The number of likely N-dealkylation sites (tertiary alicyclic amines) is 1. The second-order valence-corrected chi connectivity index (χ2v) is 5.46. The molecule has 5 heteroatoms. The number of aliphatic hydroxyl groups is 1. The van der Waals surface area contributed by atoms with Crippen LogP contribution >= 0.6 is 0 Å². The highest BCUT2D eigenvalue weighted by Crippen LogP contribution is 2.22. The lowest BCUT2D eigenvalue weighted by molar-refractivity contribution is -0.142. The summed E-state index contributed by atoms with van der Waals surface area (Å²) in [5.41, 5.74) is 6.18. The summed E-state index contributed by atoms with van der Waals surface area (Å²) in [6, 6.07) is 8.16. The fraction of sp³-hybridized carbons (Fsp3) is 0.533. The fourth-order valence-electron chi connectivity index (χ4n) is 2.62. The van der Waals surface area contributed by atoms with Crippen molar-refractivity contribution < 1.29 is 14.6 Å². The van der Waals surface area contributed by atoms with Gasteiger partial charge in [0.05, 0.1) is 6.61 Å². The predicted molar refractivity (Wildman–Crippen MR) is 75.8 cm³/mol. The number of hydrogen-bond donors (Lipinski definition) is 2. The van der Waals surface area contributed by atoms with E-state index in [2.05, 4.69) is 4.90 Å². The van der Waals surface area contributed by atoms with Gasteiger partial charge in [0.2, 0.25) is 0 Å². The highest BCUT2D eigenvalue weighted by atomic mass is 16.5. The lowest BCUT2D eigenvalue weighted by Crippen LogP contribution is -2.55. The SMILES string of the molecule is COCc1ccc(CN2CCCC(O)(C(N)=O)C2)cc1. The van der Waals surface area contributed by atoms with Gasteiger partial charge in [-0.3, -0.25) is 9.69 Å². The van der Waals surface area contributed by atoms with Crippen LogP contribution in [-0.4, -0.2) is 41.7 Å². The van der Waals surface area contributed by atoms with Gasteiger partial charge in [0, 0.05) is 20.2 Å². The number of piperidine rings is 1. The Balaban J connectivity index is 1.97. The minimum absolute atomic E-state index is 0.308. The Labute approximate surface area is 119 Å². The zero-order chi connectivity index (χ0) is 14.6. The lowest BCUT2D eigenvalue weighted by atomic mass is 9.92. The molecule has 1 aliphatic heterocycles. The number of carbonyl (C=O) groups is 1. The molecule has 1 fully saturated rings. The molecule has 1 amide bonds. The molecule has 1 heterocycles. The van der Waals surface area contributed by atoms with Gasteiger partial charge in [-0.2, -0.15) is 0 Å². The van der Waals surface area contributed by atoms with Gasteiger partial charge in [0.15, 0.2) is 5.60 Å². The number of β-amino-alcohol motifs (C(OH)–C–C–N with tert-alkyl or cyclic N) is 1. The maximum atomic E-state index is 11.3. The number of rotatable bonds is 5. The average Bonchev–Trinajstić information content (AvgIpc) is 2.41. The van der Waals surface area contributed by atoms with Gasteiger partial charge < -0.3 is 15.6 Å². The first-order chi connectivity index (χ1) is 9.53. The molecule has 2 rings (SSSR count). The first-order valence-electron chi connectivity index (χ1n) is 6.85. The molecule has 0 aromatic heterocycles. The van der Waals surface area contributed by atoms with Crippen LogP contribution in [0.4, 0.5) is 0 Å². The molecular formula is C15H22N2O3. The number of nitrogens with zero attached hydrogens (tertiary/aromatic N) is 1. The Kier molecular flexibility index (Phi) is 4.75. The van der Waals surface area contributed by atoms with Crippen molar-refractivity contribution in [3.8, 4) is 0 Å². The van der Waals surface area contributed by atoms with Crippen LogP contribution in [0.3, 0.4) is 0 Å². The quantitative estimate of drug-likeness (QED) is 0.829. The second kappa shape index (κ2) is 6.35. The highest BCUT2D eigenvalue weighted by molar-refractivity contribution is 5.83. The molecule has 20 heavy (non-hydrogen) atoms. The van der Waals surface area contributed by atoms with Gasteiger partial charge in [-0.25, -0.2) is 0 Å².